The summed E-state index contributed by atoms with van der Waals surface area (Å²) in [5, 5.41) is 0. The Kier molecular flexibility index (Phi) is 4.64. The number of hydrogen-bond acceptors (Lipinski definition) is 1. The third-order valence-corrected chi connectivity index (χ3v) is 3.35. The van der Waals surface area contributed by atoms with Crippen LogP contribution in [0.25, 0.3) is 0 Å². The summed E-state index contributed by atoms with van der Waals surface area (Å²) in [4.78, 5) is 2.67. The lowest BCUT2D eigenvalue weighted by atomic mass is 9.89. The van der Waals surface area contributed by atoms with Crippen LogP contribution in [-0.2, 0) is 0 Å². The monoisotopic (exact) mass is 211 g/mol. The fourth-order valence-electron chi connectivity index (χ4n) is 2.81. The highest BCUT2D eigenvalue weighted by Crippen LogP contribution is 2.24. The van der Waals surface area contributed by atoms with Gasteiger partial charge in [0.15, 0.2) is 0 Å². The van der Waals surface area contributed by atoms with Gasteiger partial charge >= 0.3 is 0 Å². The molecule has 1 aliphatic rings. The zero-order valence-electron chi connectivity index (χ0n) is 11.3. The zero-order valence-corrected chi connectivity index (χ0v) is 11.3. The number of nitrogens with zero attached hydrogens (tertiary/aromatic N) is 1. The Morgan fingerprint density at radius 2 is 1.60 bits per heavy atom. The van der Waals surface area contributed by atoms with Crippen LogP contribution >= 0.6 is 0 Å². The molecule has 2 atom stereocenters. The molecule has 2 unspecified atom stereocenters. The van der Waals surface area contributed by atoms with E-state index in [4.69, 9.17) is 0 Å². The fourth-order valence-corrected chi connectivity index (χ4v) is 2.81. The van der Waals surface area contributed by atoms with Gasteiger partial charge < -0.3 is 4.90 Å². The van der Waals surface area contributed by atoms with Gasteiger partial charge in [0.25, 0.3) is 0 Å². The Morgan fingerprint density at radius 1 is 1.07 bits per heavy atom. The van der Waals surface area contributed by atoms with Crippen LogP contribution < -0.4 is 0 Å². The smallest absolute Gasteiger partial charge is 0.000724 e. The van der Waals surface area contributed by atoms with Crippen LogP contribution in [0, 0.1) is 17.3 Å². The first-order valence-corrected chi connectivity index (χ1v) is 6.59. The van der Waals surface area contributed by atoms with Crippen molar-refractivity contribution in [2.45, 2.75) is 53.9 Å². The summed E-state index contributed by atoms with van der Waals surface area (Å²) in [6.45, 7) is 15.8. The highest BCUT2D eigenvalue weighted by molar-refractivity contribution is 4.75. The van der Waals surface area contributed by atoms with E-state index in [1.165, 1.54) is 38.9 Å². The Hall–Kier alpha value is -0.0400. The van der Waals surface area contributed by atoms with Crippen LogP contribution in [0.15, 0.2) is 0 Å². The number of likely N-dealkylation sites (tertiary alicyclic amines) is 1. The summed E-state index contributed by atoms with van der Waals surface area (Å²) < 4.78 is 0. The molecule has 1 saturated heterocycles. The van der Waals surface area contributed by atoms with Crippen LogP contribution in [0.4, 0.5) is 0 Å². The van der Waals surface area contributed by atoms with Crippen molar-refractivity contribution in [3.05, 3.63) is 0 Å². The van der Waals surface area contributed by atoms with Crippen molar-refractivity contribution in [1.82, 2.24) is 4.90 Å². The minimum Gasteiger partial charge on any atom is -0.303 e. The second-order valence-electron chi connectivity index (χ2n) is 6.87. The molecule has 0 bridgehead atoms. The summed E-state index contributed by atoms with van der Waals surface area (Å²) in [6.07, 6.45) is 4.14. The van der Waals surface area contributed by atoms with E-state index < -0.39 is 0 Å². The van der Waals surface area contributed by atoms with Crippen molar-refractivity contribution >= 4 is 0 Å². The van der Waals surface area contributed by atoms with Gasteiger partial charge in [0, 0.05) is 13.1 Å². The Labute approximate surface area is 96.2 Å². The summed E-state index contributed by atoms with van der Waals surface area (Å²) in [7, 11) is 0. The maximum absolute atomic E-state index is 2.67. The lowest BCUT2D eigenvalue weighted by Gasteiger charge is -2.35. The molecule has 0 spiro atoms. The Bertz CT molecular complexity index is 170. The van der Waals surface area contributed by atoms with E-state index in [-0.39, 0.29) is 0 Å². The van der Waals surface area contributed by atoms with E-state index >= 15 is 0 Å². The number of piperidine rings is 1. The van der Waals surface area contributed by atoms with Crippen molar-refractivity contribution in [3.8, 4) is 0 Å². The lowest BCUT2D eigenvalue weighted by Crippen LogP contribution is -2.39. The van der Waals surface area contributed by atoms with Crippen LogP contribution in [0.2, 0.25) is 0 Å². The van der Waals surface area contributed by atoms with Gasteiger partial charge in [0.1, 0.15) is 0 Å². The molecule has 1 rings (SSSR count). The minimum absolute atomic E-state index is 0.507. The van der Waals surface area contributed by atoms with Crippen LogP contribution in [-0.4, -0.2) is 24.5 Å². The van der Waals surface area contributed by atoms with E-state index in [2.05, 4.69) is 39.5 Å². The highest BCUT2D eigenvalue weighted by Gasteiger charge is 2.21. The van der Waals surface area contributed by atoms with Gasteiger partial charge in [-0.3, -0.25) is 0 Å². The van der Waals surface area contributed by atoms with Gasteiger partial charge in [-0.25, -0.2) is 0 Å². The van der Waals surface area contributed by atoms with Crippen LogP contribution in [0.1, 0.15) is 53.9 Å². The molecule has 90 valence electrons. The summed E-state index contributed by atoms with van der Waals surface area (Å²) >= 11 is 0. The first kappa shape index (κ1) is 13.0. The van der Waals surface area contributed by atoms with Crippen molar-refractivity contribution < 1.29 is 0 Å². The Morgan fingerprint density at radius 3 is 2.07 bits per heavy atom. The third-order valence-electron chi connectivity index (χ3n) is 3.35. The molecule has 0 N–H and O–H groups in total. The quantitative estimate of drug-likeness (QED) is 0.686. The standard InChI is InChI=1S/C14H29N/c1-12-9-13(2)11-15(10-12)8-6-7-14(3,4)5/h12-13H,6-11H2,1-5H3. The molecule has 1 heterocycles. The van der Waals surface area contributed by atoms with E-state index in [0.29, 0.717) is 5.41 Å². The second-order valence-corrected chi connectivity index (χ2v) is 6.87. The van der Waals surface area contributed by atoms with Crippen molar-refractivity contribution in [2.75, 3.05) is 19.6 Å². The molecule has 1 heteroatoms. The molecular formula is C14H29N. The minimum atomic E-state index is 0.507. The first-order valence-electron chi connectivity index (χ1n) is 6.59. The van der Waals surface area contributed by atoms with Gasteiger partial charge in [-0.1, -0.05) is 34.6 Å². The largest absolute Gasteiger partial charge is 0.303 e. The SMILES string of the molecule is CC1CC(C)CN(CCCC(C)(C)C)C1. The average molecular weight is 211 g/mol. The highest BCUT2D eigenvalue weighted by atomic mass is 15.1. The third kappa shape index (κ3) is 5.55. The predicted molar refractivity (Wildman–Crippen MR) is 68.1 cm³/mol. The van der Waals surface area contributed by atoms with E-state index in [1.54, 1.807) is 0 Å². The first-order chi connectivity index (χ1) is 6.87. The topological polar surface area (TPSA) is 3.24 Å². The number of rotatable bonds is 3. The molecule has 0 saturated carbocycles. The zero-order chi connectivity index (χ0) is 11.5. The lowest BCUT2D eigenvalue weighted by molar-refractivity contribution is 0.134. The average Bonchev–Trinajstić information content (AvgIpc) is 1.99. The van der Waals surface area contributed by atoms with Gasteiger partial charge in [-0.2, -0.15) is 0 Å². The van der Waals surface area contributed by atoms with E-state index in [0.717, 1.165) is 11.8 Å². The molecule has 1 nitrogen and oxygen atoms in total. The van der Waals surface area contributed by atoms with E-state index in [9.17, 15) is 0 Å². The molecule has 0 aliphatic carbocycles. The molecule has 0 amide bonds. The fraction of sp³-hybridized carbons (Fsp3) is 1.00. The van der Waals surface area contributed by atoms with Crippen LogP contribution in [0.5, 0.6) is 0 Å². The molecule has 1 fully saturated rings. The van der Waals surface area contributed by atoms with Crippen molar-refractivity contribution in [3.63, 3.8) is 0 Å². The van der Waals surface area contributed by atoms with Gasteiger partial charge in [-0.05, 0) is 43.1 Å². The maximum Gasteiger partial charge on any atom is 0.000724 e. The molecule has 0 radical (unpaired) electrons. The maximum atomic E-state index is 2.67. The molecule has 0 aromatic heterocycles. The summed E-state index contributed by atoms with van der Waals surface area (Å²) in [5.74, 6) is 1.81. The molecule has 0 aromatic carbocycles. The predicted octanol–water partition coefficient (Wildman–Crippen LogP) is 3.79. The second kappa shape index (κ2) is 5.34. The van der Waals surface area contributed by atoms with Crippen molar-refractivity contribution in [2.24, 2.45) is 17.3 Å². The van der Waals surface area contributed by atoms with E-state index in [1.807, 2.05) is 0 Å². The Balaban J connectivity index is 2.21. The molecular weight excluding hydrogens is 182 g/mol. The normalized spacial score (nSPS) is 29.4. The van der Waals surface area contributed by atoms with Gasteiger partial charge in [0.2, 0.25) is 0 Å². The summed E-state index contributed by atoms with van der Waals surface area (Å²) in [6, 6.07) is 0. The summed E-state index contributed by atoms with van der Waals surface area (Å²) in [5.41, 5.74) is 0.507. The van der Waals surface area contributed by atoms with Gasteiger partial charge in [0.05, 0.1) is 0 Å². The molecule has 0 aromatic rings. The number of hydrogen-bond donors (Lipinski definition) is 0. The van der Waals surface area contributed by atoms with Gasteiger partial charge in [-0.15, -0.1) is 0 Å². The molecule has 1 aliphatic heterocycles. The molecule has 15 heavy (non-hydrogen) atoms. The van der Waals surface area contributed by atoms with Crippen molar-refractivity contribution in [1.29, 1.82) is 0 Å². The van der Waals surface area contributed by atoms with Crippen LogP contribution in [0.3, 0.4) is 0 Å².